The van der Waals surface area contributed by atoms with E-state index in [1.54, 1.807) is 65.8 Å². The third-order valence-electron chi connectivity index (χ3n) is 7.12. The molecule has 2 aromatic heterocycles. The lowest BCUT2D eigenvalue weighted by Gasteiger charge is -2.34. The maximum Gasteiger partial charge on any atom is 0.433 e. The molecule has 14 heteroatoms. The highest BCUT2D eigenvalue weighted by Crippen LogP contribution is 2.36. The zero-order chi connectivity index (χ0) is 36.2. The van der Waals surface area contributed by atoms with Gasteiger partial charge in [0.1, 0.15) is 34.8 Å². The van der Waals surface area contributed by atoms with Gasteiger partial charge in [-0.3, -0.25) is 24.2 Å². The summed E-state index contributed by atoms with van der Waals surface area (Å²) in [5.41, 5.74) is -4.91. The van der Waals surface area contributed by atoms with Crippen molar-refractivity contribution >= 4 is 28.6 Å². The molecule has 0 aliphatic rings. The molecule has 4 aromatic rings. The summed E-state index contributed by atoms with van der Waals surface area (Å²) in [6, 6.07) is 14.5. The number of rotatable bonds is 11. The number of benzene rings is 2. The van der Waals surface area contributed by atoms with Gasteiger partial charge in [0.2, 0.25) is 0 Å². The molecule has 0 radical (unpaired) electrons. The van der Waals surface area contributed by atoms with Crippen molar-refractivity contribution in [2.45, 2.75) is 84.9 Å². The number of carbonyl (C=O) groups excluding carboxylic acids is 3. The molecule has 11 nitrogen and oxygen atoms in total. The lowest BCUT2D eigenvalue weighted by atomic mass is 9.78. The van der Waals surface area contributed by atoms with Crippen molar-refractivity contribution in [2.24, 2.45) is 5.41 Å². The van der Waals surface area contributed by atoms with Crippen LogP contribution in [0.4, 0.5) is 13.2 Å². The average molecular weight is 683 g/mol. The van der Waals surface area contributed by atoms with Crippen LogP contribution in [-0.2, 0) is 38.4 Å². The lowest BCUT2D eigenvalue weighted by molar-refractivity contribution is -0.186. The van der Waals surface area contributed by atoms with E-state index in [9.17, 15) is 32.3 Å². The number of ether oxygens (including phenoxy) is 3. The second kappa shape index (κ2) is 14.1. The number of aromatic nitrogens is 4. The highest BCUT2D eigenvalue weighted by atomic mass is 19.4. The molecule has 0 atom stereocenters. The number of esters is 2. The molecule has 0 unspecified atom stereocenters. The molecular weight excluding hydrogens is 645 g/mol. The Labute approximate surface area is 280 Å². The van der Waals surface area contributed by atoms with Crippen LogP contribution >= 0.6 is 0 Å². The Morgan fingerprint density at radius 1 is 0.816 bits per heavy atom. The molecule has 0 N–H and O–H groups in total. The van der Waals surface area contributed by atoms with Gasteiger partial charge < -0.3 is 14.2 Å². The minimum Gasteiger partial charge on any atom is -0.489 e. The van der Waals surface area contributed by atoms with Crippen molar-refractivity contribution in [3.8, 4) is 5.75 Å². The predicted octanol–water partition coefficient (Wildman–Crippen LogP) is 6.12. The van der Waals surface area contributed by atoms with Crippen molar-refractivity contribution < 1.29 is 41.8 Å². The summed E-state index contributed by atoms with van der Waals surface area (Å²) >= 11 is 0. The molecule has 49 heavy (non-hydrogen) atoms. The van der Waals surface area contributed by atoms with E-state index >= 15 is 0 Å². The van der Waals surface area contributed by atoms with Gasteiger partial charge >= 0.3 is 18.1 Å². The van der Waals surface area contributed by atoms with E-state index in [1.165, 1.54) is 30.3 Å². The lowest BCUT2D eigenvalue weighted by Crippen LogP contribution is -2.49. The van der Waals surface area contributed by atoms with Crippen LogP contribution in [0, 0.1) is 5.41 Å². The Kier molecular flexibility index (Phi) is 10.6. The van der Waals surface area contributed by atoms with Crippen molar-refractivity contribution in [1.29, 1.82) is 0 Å². The van der Waals surface area contributed by atoms with E-state index in [2.05, 4.69) is 15.3 Å². The maximum absolute atomic E-state index is 14.0. The van der Waals surface area contributed by atoms with Crippen LogP contribution in [0.2, 0.25) is 0 Å². The fourth-order valence-corrected chi connectivity index (χ4v) is 4.70. The monoisotopic (exact) mass is 682 g/mol. The van der Waals surface area contributed by atoms with Crippen LogP contribution in [0.3, 0.4) is 0 Å². The summed E-state index contributed by atoms with van der Waals surface area (Å²) in [6.45, 7) is 9.34. The van der Waals surface area contributed by atoms with Crippen LogP contribution < -0.4 is 10.3 Å². The van der Waals surface area contributed by atoms with Crippen molar-refractivity contribution in [2.75, 3.05) is 0 Å². The van der Waals surface area contributed by atoms with Crippen LogP contribution in [0.1, 0.15) is 76.0 Å². The first-order chi connectivity index (χ1) is 22.8. The van der Waals surface area contributed by atoms with Crippen molar-refractivity contribution in [3.63, 3.8) is 0 Å². The Morgan fingerprint density at radius 2 is 1.43 bits per heavy atom. The number of fused-ring (bicyclic) bond motifs is 1. The second-order valence-electron chi connectivity index (χ2n) is 13.4. The molecule has 2 aromatic carbocycles. The number of Topliss-reactive ketones (excluding diaryl/α,β-unsaturated/α-hetero) is 1. The standard InChI is InChI=1S/C35H37F3N4O7/c1-32(2,3)48-30(45)34(31(46)49-33(4,5)6,17-18-42-29(44)25-9-7-8-10-26(25)40-41-42)19-27(43)23-12-14-24(15-13-23)47-21-22-11-16-28(39-20-22)35(36,37)38/h7-16,20H,17-19,21H2,1-6H3. The number of aryl methyl sites for hydroxylation is 1. The number of ketones is 1. The number of nitrogens with zero attached hydrogens (tertiary/aromatic N) is 4. The van der Waals surface area contributed by atoms with Gasteiger partial charge in [-0.25, -0.2) is 4.68 Å². The fourth-order valence-electron chi connectivity index (χ4n) is 4.70. The van der Waals surface area contributed by atoms with Crippen LogP contribution in [-0.4, -0.2) is 48.9 Å². The molecule has 2 heterocycles. The zero-order valence-corrected chi connectivity index (χ0v) is 28.0. The third-order valence-corrected chi connectivity index (χ3v) is 7.12. The fraction of sp³-hybridized carbons (Fsp3) is 0.400. The molecule has 0 saturated carbocycles. The van der Waals surface area contributed by atoms with Crippen LogP contribution in [0.25, 0.3) is 10.9 Å². The molecule has 0 amide bonds. The van der Waals surface area contributed by atoms with Crippen LogP contribution in [0.5, 0.6) is 5.75 Å². The normalized spacial score (nSPS) is 12.4. The SMILES string of the molecule is CC(C)(C)OC(=O)C(CCn1nnc2ccccc2c1=O)(CC(=O)c1ccc(OCc2ccc(C(F)(F)F)nc2)cc1)C(=O)OC(C)(C)C. The summed E-state index contributed by atoms with van der Waals surface area (Å²) < 4.78 is 56.4. The highest BCUT2D eigenvalue weighted by Gasteiger charge is 2.52. The Morgan fingerprint density at radius 3 is 1.98 bits per heavy atom. The summed E-state index contributed by atoms with van der Waals surface area (Å²) in [6.07, 6.45) is -4.54. The number of hydrogen-bond donors (Lipinski definition) is 0. The Balaban J connectivity index is 1.62. The van der Waals surface area contributed by atoms with Gasteiger partial charge in [-0.05, 0) is 90.4 Å². The summed E-state index contributed by atoms with van der Waals surface area (Å²) in [4.78, 5) is 58.3. The van der Waals surface area contributed by atoms with E-state index < -0.39 is 58.2 Å². The number of carbonyl (C=O) groups is 3. The van der Waals surface area contributed by atoms with E-state index in [4.69, 9.17) is 14.2 Å². The average Bonchev–Trinajstić information content (AvgIpc) is 3.01. The van der Waals surface area contributed by atoms with Gasteiger partial charge in [0.05, 0.1) is 5.39 Å². The number of alkyl halides is 3. The van der Waals surface area contributed by atoms with Gasteiger partial charge in [-0.15, -0.1) is 5.10 Å². The summed E-state index contributed by atoms with van der Waals surface area (Å²) in [5, 5.41) is 8.33. The Hall–Kier alpha value is -5.14. The van der Waals surface area contributed by atoms with Gasteiger partial charge in [-0.1, -0.05) is 23.4 Å². The first-order valence-corrected chi connectivity index (χ1v) is 15.4. The summed E-state index contributed by atoms with van der Waals surface area (Å²) in [5.74, 6) is -2.31. The van der Waals surface area contributed by atoms with Gasteiger partial charge in [0.25, 0.3) is 5.56 Å². The molecule has 0 fully saturated rings. The first kappa shape index (κ1) is 36.7. The van der Waals surface area contributed by atoms with E-state index in [0.29, 0.717) is 16.8 Å². The van der Waals surface area contributed by atoms with E-state index in [1.807, 2.05) is 0 Å². The topological polar surface area (TPSA) is 140 Å². The first-order valence-electron chi connectivity index (χ1n) is 15.4. The maximum atomic E-state index is 14.0. The van der Waals surface area contributed by atoms with Crippen molar-refractivity contribution in [3.05, 3.63) is 94.0 Å². The molecule has 4 rings (SSSR count). The predicted molar refractivity (Wildman–Crippen MR) is 171 cm³/mol. The third kappa shape index (κ3) is 9.48. The van der Waals surface area contributed by atoms with E-state index in [-0.39, 0.29) is 30.5 Å². The minimum absolute atomic E-state index is 0.0874. The molecule has 0 aliphatic heterocycles. The largest absolute Gasteiger partial charge is 0.489 e. The molecule has 260 valence electrons. The van der Waals surface area contributed by atoms with Gasteiger partial charge in [-0.2, -0.15) is 13.2 Å². The molecule has 0 bridgehead atoms. The number of pyridine rings is 1. The Bertz CT molecular complexity index is 1850. The minimum atomic E-state index is -4.56. The number of halogens is 3. The second-order valence-corrected chi connectivity index (χ2v) is 13.4. The summed E-state index contributed by atoms with van der Waals surface area (Å²) in [7, 11) is 0. The molecule has 0 aliphatic carbocycles. The smallest absolute Gasteiger partial charge is 0.433 e. The van der Waals surface area contributed by atoms with Crippen LogP contribution in [0.15, 0.2) is 71.7 Å². The molecular formula is C35H37F3N4O7. The van der Waals surface area contributed by atoms with Gasteiger partial charge in [0.15, 0.2) is 11.2 Å². The molecule has 0 saturated heterocycles. The molecule has 0 spiro atoms. The highest BCUT2D eigenvalue weighted by molar-refractivity contribution is 6.07. The number of hydrogen-bond acceptors (Lipinski definition) is 10. The zero-order valence-electron chi connectivity index (χ0n) is 28.0. The van der Waals surface area contributed by atoms with Crippen molar-refractivity contribution in [1.82, 2.24) is 20.0 Å². The van der Waals surface area contributed by atoms with Gasteiger partial charge in [0, 0.05) is 30.3 Å². The van der Waals surface area contributed by atoms with E-state index in [0.717, 1.165) is 16.9 Å². The quantitative estimate of drug-likeness (QED) is 0.103.